The van der Waals surface area contributed by atoms with Crippen molar-refractivity contribution in [3.8, 4) is 28.7 Å². The first-order valence-corrected chi connectivity index (χ1v) is 11.8. The number of methoxy groups -OCH3 is 3. The molecule has 3 aliphatic heterocycles. The monoisotopic (exact) mass is 460 g/mol. The predicted octanol–water partition coefficient (Wildman–Crippen LogP) is 4.81. The van der Waals surface area contributed by atoms with E-state index in [0.717, 1.165) is 65.7 Å². The lowest BCUT2D eigenvalue weighted by atomic mass is 9.80. The van der Waals surface area contributed by atoms with Crippen molar-refractivity contribution in [3.63, 3.8) is 0 Å². The first-order chi connectivity index (χ1) is 16.6. The average molecular weight is 461 g/mol. The van der Waals surface area contributed by atoms with Crippen LogP contribution in [0.4, 0.5) is 0 Å². The summed E-state index contributed by atoms with van der Waals surface area (Å²) < 4.78 is 29.3. The van der Waals surface area contributed by atoms with Gasteiger partial charge in [0, 0.05) is 24.0 Å². The quantitative estimate of drug-likeness (QED) is 0.512. The van der Waals surface area contributed by atoms with Crippen LogP contribution in [0, 0.1) is 0 Å². The second-order valence-corrected chi connectivity index (χ2v) is 9.42. The molecule has 6 rings (SSSR count). The molecule has 0 aromatic heterocycles. The molecule has 2 unspecified atom stereocenters. The van der Waals surface area contributed by atoms with E-state index in [0.29, 0.717) is 12.8 Å². The second kappa shape index (κ2) is 8.13. The van der Waals surface area contributed by atoms with Crippen LogP contribution in [-0.2, 0) is 25.9 Å². The zero-order valence-electron chi connectivity index (χ0n) is 19.9. The fourth-order valence-corrected chi connectivity index (χ4v) is 6.07. The highest BCUT2D eigenvalue weighted by Crippen LogP contribution is 2.51. The molecule has 3 aliphatic rings. The van der Waals surface area contributed by atoms with Crippen LogP contribution >= 0.6 is 0 Å². The normalized spacial score (nSPS) is 21.8. The molecule has 6 nitrogen and oxygen atoms in total. The van der Waals surface area contributed by atoms with Gasteiger partial charge in [0.15, 0.2) is 23.0 Å². The summed E-state index contributed by atoms with van der Waals surface area (Å²) in [5.74, 6) is 4.27. The molecule has 3 aromatic carbocycles. The maximum atomic E-state index is 5.88. The van der Waals surface area contributed by atoms with Crippen molar-refractivity contribution in [2.75, 3.05) is 34.7 Å². The standard InChI is InChI=1S/C28H30NO5/c1-30-21-7-4-18(5-8-21)15-29-11-10-20-13-26-27(34-17-33-26)14-22(20)24(29)12-19-6-9-25(31-2)28(32-3)23(19)16-29/h4-9,13-14,24H,10-12,15-17H2,1-3H3/q+1. The summed E-state index contributed by atoms with van der Waals surface area (Å²) in [6.07, 6.45) is 1.94. The van der Waals surface area contributed by atoms with E-state index in [4.69, 9.17) is 23.7 Å². The summed E-state index contributed by atoms with van der Waals surface area (Å²) in [6.45, 7) is 3.17. The van der Waals surface area contributed by atoms with E-state index in [1.54, 1.807) is 21.3 Å². The second-order valence-electron chi connectivity index (χ2n) is 9.42. The molecule has 6 heteroatoms. The molecule has 3 heterocycles. The molecule has 0 amide bonds. The van der Waals surface area contributed by atoms with Gasteiger partial charge >= 0.3 is 0 Å². The smallest absolute Gasteiger partial charge is 0.231 e. The van der Waals surface area contributed by atoms with Crippen molar-refractivity contribution >= 4 is 0 Å². The SMILES string of the molecule is COc1ccc(C[N+]23CCc4cc5c(cc4C2Cc2ccc(OC)c(OC)c2C3)OCO5)cc1. The summed E-state index contributed by atoms with van der Waals surface area (Å²) in [6, 6.07) is 17.5. The van der Waals surface area contributed by atoms with Crippen LogP contribution in [0.15, 0.2) is 48.5 Å². The van der Waals surface area contributed by atoms with Crippen LogP contribution < -0.4 is 23.7 Å². The van der Waals surface area contributed by atoms with Gasteiger partial charge < -0.3 is 28.2 Å². The van der Waals surface area contributed by atoms with Crippen molar-refractivity contribution in [2.45, 2.75) is 32.0 Å². The van der Waals surface area contributed by atoms with Crippen molar-refractivity contribution in [3.05, 3.63) is 76.3 Å². The molecular weight excluding hydrogens is 430 g/mol. The van der Waals surface area contributed by atoms with Crippen molar-refractivity contribution in [1.82, 2.24) is 0 Å². The number of fused-ring (bicyclic) bond motifs is 5. The number of nitrogens with zero attached hydrogens (tertiary/aromatic N) is 1. The average Bonchev–Trinajstić information content (AvgIpc) is 3.33. The Bertz CT molecular complexity index is 1240. The molecule has 0 N–H and O–H groups in total. The van der Waals surface area contributed by atoms with E-state index in [2.05, 4.69) is 42.5 Å². The molecule has 0 spiro atoms. The predicted molar refractivity (Wildman–Crippen MR) is 128 cm³/mol. The third kappa shape index (κ3) is 3.28. The minimum Gasteiger partial charge on any atom is -0.497 e. The highest BCUT2D eigenvalue weighted by atomic mass is 16.7. The Kier molecular flexibility index (Phi) is 5.06. The number of hydrogen-bond donors (Lipinski definition) is 0. The van der Waals surface area contributed by atoms with Crippen molar-refractivity contribution in [1.29, 1.82) is 0 Å². The van der Waals surface area contributed by atoms with Crippen LogP contribution in [0.25, 0.3) is 0 Å². The van der Waals surface area contributed by atoms with Crippen molar-refractivity contribution < 1.29 is 28.2 Å². The fraction of sp³-hybridized carbons (Fsp3) is 0.357. The van der Waals surface area contributed by atoms with Gasteiger partial charge in [-0.2, -0.15) is 0 Å². The van der Waals surface area contributed by atoms with Gasteiger partial charge in [0.1, 0.15) is 24.9 Å². The van der Waals surface area contributed by atoms with Gasteiger partial charge in [-0.05, 0) is 53.6 Å². The fourth-order valence-electron chi connectivity index (χ4n) is 6.07. The van der Waals surface area contributed by atoms with Gasteiger partial charge in [0.2, 0.25) is 6.79 Å². The highest BCUT2D eigenvalue weighted by molar-refractivity contribution is 5.54. The Morgan fingerprint density at radius 2 is 1.68 bits per heavy atom. The van der Waals surface area contributed by atoms with E-state index >= 15 is 0 Å². The van der Waals surface area contributed by atoms with Crippen LogP contribution in [0.3, 0.4) is 0 Å². The number of rotatable bonds is 5. The van der Waals surface area contributed by atoms with Gasteiger partial charge in [-0.1, -0.05) is 6.07 Å². The Morgan fingerprint density at radius 1 is 0.882 bits per heavy atom. The lowest BCUT2D eigenvalue weighted by molar-refractivity contribution is -0.985. The number of benzene rings is 3. The Hall–Kier alpha value is -3.38. The molecule has 0 radical (unpaired) electrons. The van der Waals surface area contributed by atoms with Crippen LogP contribution in [-0.4, -0.2) is 39.2 Å². The van der Waals surface area contributed by atoms with Gasteiger partial charge in [0.05, 0.1) is 33.4 Å². The Balaban J connectivity index is 1.48. The van der Waals surface area contributed by atoms with E-state index in [1.165, 1.54) is 27.8 Å². The summed E-state index contributed by atoms with van der Waals surface area (Å²) in [7, 11) is 5.15. The molecule has 3 aromatic rings. The van der Waals surface area contributed by atoms with Gasteiger partial charge in [-0.3, -0.25) is 0 Å². The summed E-state index contributed by atoms with van der Waals surface area (Å²) in [5.41, 5.74) is 6.65. The molecule has 176 valence electrons. The molecule has 34 heavy (non-hydrogen) atoms. The number of ether oxygens (including phenoxy) is 5. The maximum Gasteiger partial charge on any atom is 0.231 e. The third-order valence-corrected chi connectivity index (χ3v) is 7.77. The van der Waals surface area contributed by atoms with E-state index in [-0.39, 0.29) is 0 Å². The third-order valence-electron chi connectivity index (χ3n) is 7.77. The molecule has 2 atom stereocenters. The highest BCUT2D eigenvalue weighted by Gasteiger charge is 2.47. The van der Waals surface area contributed by atoms with Crippen LogP contribution in [0.2, 0.25) is 0 Å². The minimum atomic E-state index is 0.300. The van der Waals surface area contributed by atoms with E-state index < -0.39 is 0 Å². The molecule has 0 saturated carbocycles. The zero-order chi connectivity index (χ0) is 23.3. The largest absolute Gasteiger partial charge is 0.497 e. The molecule has 0 bridgehead atoms. The summed E-state index contributed by atoms with van der Waals surface area (Å²) in [4.78, 5) is 0. The molecule has 0 aliphatic carbocycles. The van der Waals surface area contributed by atoms with E-state index in [1.807, 2.05) is 6.07 Å². The summed E-state index contributed by atoms with van der Waals surface area (Å²) >= 11 is 0. The topological polar surface area (TPSA) is 46.2 Å². The Morgan fingerprint density at radius 3 is 2.41 bits per heavy atom. The lowest BCUT2D eigenvalue weighted by Crippen LogP contribution is -2.55. The zero-order valence-corrected chi connectivity index (χ0v) is 19.9. The van der Waals surface area contributed by atoms with Crippen molar-refractivity contribution in [2.24, 2.45) is 0 Å². The first-order valence-electron chi connectivity index (χ1n) is 11.8. The van der Waals surface area contributed by atoms with Crippen LogP contribution in [0.5, 0.6) is 28.7 Å². The van der Waals surface area contributed by atoms with Gasteiger partial charge in [-0.15, -0.1) is 0 Å². The maximum absolute atomic E-state index is 5.88. The van der Waals surface area contributed by atoms with E-state index in [9.17, 15) is 0 Å². The molecule has 0 saturated heterocycles. The minimum absolute atomic E-state index is 0.300. The Labute approximate surface area is 200 Å². The molecule has 0 fully saturated rings. The first kappa shape index (κ1) is 21.2. The summed E-state index contributed by atoms with van der Waals surface area (Å²) in [5, 5.41) is 0. The van der Waals surface area contributed by atoms with Gasteiger partial charge in [0.25, 0.3) is 0 Å². The lowest BCUT2D eigenvalue weighted by Gasteiger charge is -2.51. The van der Waals surface area contributed by atoms with Gasteiger partial charge in [-0.25, -0.2) is 0 Å². The number of quaternary nitrogens is 1. The molecular formula is C28H30NO5+. The number of hydrogen-bond acceptors (Lipinski definition) is 5. The van der Waals surface area contributed by atoms with Crippen LogP contribution in [0.1, 0.15) is 33.9 Å².